The number of piperidine rings is 1. The number of hydrogen-bond acceptors (Lipinski definition) is 2. The molecule has 56 valence electrons. The van der Waals surface area contributed by atoms with Gasteiger partial charge >= 0.3 is 0 Å². The molecule has 1 unspecified atom stereocenters. The van der Waals surface area contributed by atoms with Gasteiger partial charge in [-0.15, -0.1) is 0 Å². The molecule has 2 heteroatoms. The van der Waals surface area contributed by atoms with E-state index in [9.17, 15) is 4.79 Å². The molecule has 0 N–H and O–H groups in total. The Labute approximate surface area is 61.2 Å². The summed E-state index contributed by atoms with van der Waals surface area (Å²) in [5.74, 6) is 0.469. The highest BCUT2D eigenvalue weighted by atomic mass is 16.1. The van der Waals surface area contributed by atoms with Crippen molar-refractivity contribution < 1.29 is 4.79 Å². The van der Waals surface area contributed by atoms with Gasteiger partial charge in [0.2, 0.25) is 0 Å². The zero-order valence-corrected chi connectivity index (χ0v) is 6.34. The lowest BCUT2D eigenvalue weighted by Crippen LogP contribution is -2.42. The van der Waals surface area contributed by atoms with Crippen molar-refractivity contribution in [1.82, 2.24) is 4.90 Å². The van der Waals surface area contributed by atoms with Crippen molar-refractivity contribution in [3.63, 3.8) is 0 Å². The minimum Gasteiger partial charge on any atom is -0.298 e. The molecular weight excluding hydrogens is 126 g/mol. The van der Waals surface area contributed by atoms with Crippen LogP contribution < -0.4 is 0 Å². The van der Waals surface area contributed by atoms with Crippen LogP contribution in [0, 0.1) is 0 Å². The minimum absolute atomic E-state index is 0.291. The molecule has 2 aliphatic heterocycles. The Bertz CT molecular complexity index is 167. The molecule has 0 aromatic rings. The van der Waals surface area contributed by atoms with Crippen molar-refractivity contribution >= 4 is 5.78 Å². The van der Waals surface area contributed by atoms with Crippen LogP contribution in [0.15, 0.2) is 0 Å². The minimum atomic E-state index is 0.291. The Morgan fingerprint density at radius 1 is 1.40 bits per heavy atom. The van der Waals surface area contributed by atoms with Gasteiger partial charge in [0.15, 0.2) is 0 Å². The Morgan fingerprint density at radius 2 is 2.20 bits per heavy atom. The maximum Gasteiger partial charge on any atom is 0.150 e. The Hall–Kier alpha value is -0.370. The first-order valence-electron chi connectivity index (χ1n) is 4.03. The molecule has 0 saturated carbocycles. The van der Waals surface area contributed by atoms with Crippen LogP contribution in [0.3, 0.4) is 0 Å². The zero-order chi connectivity index (χ0) is 7.14. The van der Waals surface area contributed by atoms with Gasteiger partial charge in [-0.25, -0.2) is 0 Å². The predicted octanol–water partition coefficient (Wildman–Crippen LogP) is 0.812. The smallest absolute Gasteiger partial charge is 0.150 e. The largest absolute Gasteiger partial charge is 0.298 e. The molecule has 2 fully saturated rings. The molecule has 2 aliphatic rings. The van der Waals surface area contributed by atoms with Gasteiger partial charge in [0.25, 0.3) is 0 Å². The lowest BCUT2D eigenvalue weighted by atomic mass is 10.0. The second kappa shape index (κ2) is 2.06. The normalized spacial score (nSPS) is 40.7. The lowest BCUT2D eigenvalue weighted by molar-refractivity contribution is -0.125. The molecule has 0 aliphatic carbocycles. The van der Waals surface area contributed by atoms with Crippen LogP contribution in [0.4, 0.5) is 0 Å². The van der Waals surface area contributed by atoms with Crippen molar-refractivity contribution in [2.45, 2.75) is 37.8 Å². The van der Waals surface area contributed by atoms with E-state index in [1.54, 1.807) is 0 Å². The van der Waals surface area contributed by atoms with Gasteiger partial charge < -0.3 is 0 Å². The van der Waals surface area contributed by atoms with E-state index in [0.29, 0.717) is 11.8 Å². The maximum atomic E-state index is 11.2. The Morgan fingerprint density at radius 3 is 2.90 bits per heavy atom. The number of Topliss-reactive ketones (excluding diaryl/α,β-unsaturated/α-hetero) is 1. The number of carbonyl (C=O) groups excluding carboxylic acids is 1. The van der Waals surface area contributed by atoms with E-state index in [2.05, 4.69) is 11.9 Å². The molecule has 0 radical (unpaired) electrons. The van der Waals surface area contributed by atoms with Gasteiger partial charge in [-0.2, -0.15) is 0 Å². The van der Waals surface area contributed by atoms with E-state index >= 15 is 0 Å². The van der Waals surface area contributed by atoms with Crippen LogP contribution >= 0.6 is 0 Å². The van der Waals surface area contributed by atoms with Gasteiger partial charge in [0, 0.05) is 12.5 Å². The van der Waals surface area contributed by atoms with Crippen molar-refractivity contribution in [3.8, 4) is 0 Å². The molecule has 0 spiro atoms. The number of rotatable bonds is 0. The van der Waals surface area contributed by atoms with Gasteiger partial charge in [0.1, 0.15) is 5.78 Å². The molecule has 0 aromatic carbocycles. The van der Waals surface area contributed by atoms with Gasteiger partial charge in [-0.1, -0.05) is 0 Å². The third kappa shape index (κ3) is 0.717. The van der Waals surface area contributed by atoms with Gasteiger partial charge in [-0.3, -0.25) is 9.69 Å². The van der Waals surface area contributed by atoms with Gasteiger partial charge in [0.05, 0.1) is 6.04 Å². The van der Waals surface area contributed by atoms with Crippen molar-refractivity contribution in [1.29, 1.82) is 0 Å². The molecule has 10 heavy (non-hydrogen) atoms. The molecule has 2 saturated heterocycles. The van der Waals surface area contributed by atoms with Gasteiger partial charge in [-0.05, 0) is 26.3 Å². The summed E-state index contributed by atoms with van der Waals surface area (Å²) in [5.41, 5.74) is 0. The second-order valence-electron chi connectivity index (χ2n) is 3.42. The average Bonchev–Trinajstić information content (AvgIpc) is 2.13. The van der Waals surface area contributed by atoms with Crippen LogP contribution in [0.25, 0.3) is 0 Å². The van der Waals surface area contributed by atoms with E-state index in [0.717, 1.165) is 25.3 Å². The van der Waals surface area contributed by atoms with E-state index in [-0.39, 0.29) is 0 Å². The average molecular weight is 139 g/mol. The highest BCUT2D eigenvalue weighted by Crippen LogP contribution is 2.31. The highest BCUT2D eigenvalue weighted by molar-refractivity contribution is 5.85. The first kappa shape index (κ1) is 6.35. The number of hydrogen-bond donors (Lipinski definition) is 0. The lowest BCUT2D eigenvalue weighted by Gasteiger charge is -2.29. The van der Waals surface area contributed by atoms with E-state index < -0.39 is 0 Å². The molecule has 2 atom stereocenters. The number of carbonyl (C=O) groups is 1. The fraction of sp³-hybridized carbons (Fsp3) is 0.875. The third-order valence-corrected chi connectivity index (χ3v) is 2.94. The molecule has 2 rings (SSSR count). The van der Waals surface area contributed by atoms with Crippen LogP contribution in [0.1, 0.15) is 25.7 Å². The summed E-state index contributed by atoms with van der Waals surface area (Å²) in [6, 6.07) is 1.02. The van der Waals surface area contributed by atoms with Crippen LogP contribution in [-0.4, -0.2) is 29.8 Å². The summed E-state index contributed by atoms with van der Waals surface area (Å²) in [6.07, 6.45) is 4.29. The quantitative estimate of drug-likeness (QED) is 0.495. The van der Waals surface area contributed by atoms with E-state index in [1.165, 1.54) is 6.42 Å². The van der Waals surface area contributed by atoms with Crippen LogP contribution in [0.5, 0.6) is 0 Å². The summed E-state index contributed by atoms with van der Waals surface area (Å²) in [4.78, 5) is 13.5. The first-order valence-corrected chi connectivity index (χ1v) is 4.03. The molecule has 0 amide bonds. The van der Waals surface area contributed by atoms with Crippen molar-refractivity contribution in [2.75, 3.05) is 7.05 Å². The highest BCUT2D eigenvalue weighted by Gasteiger charge is 2.38. The van der Waals surface area contributed by atoms with E-state index in [1.807, 2.05) is 0 Å². The summed E-state index contributed by atoms with van der Waals surface area (Å²) in [6.45, 7) is 0. The second-order valence-corrected chi connectivity index (χ2v) is 3.42. The van der Waals surface area contributed by atoms with Crippen LogP contribution in [-0.2, 0) is 4.79 Å². The molecule has 2 nitrogen and oxygen atoms in total. The van der Waals surface area contributed by atoms with Crippen LogP contribution in [0.2, 0.25) is 0 Å². The molecular formula is C8H13NO. The van der Waals surface area contributed by atoms with E-state index in [4.69, 9.17) is 0 Å². The first-order chi connectivity index (χ1) is 4.79. The molecule has 2 heterocycles. The van der Waals surface area contributed by atoms with Crippen molar-refractivity contribution in [3.05, 3.63) is 0 Å². The summed E-state index contributed by atoms with van der Waals surface area (Å²) >= 11 is 0. The summed E-state index contributed by atoms with van der Waals surface area (Å²) < 4.78 is 0. The zero-order valence-electron chi connectivity index (χ0n) is 6.34. The molecule has 0 aromatic heterocycles. The SMILES string of the molecule is CN1C2CC[C@H]1CCC2=O. The van der Waals surface area contributed by atoms with Crippen molar-refractivity contribution in [2.24, 2.45) is 0 Å². The maximum absolute atomic E-state index is 11.2. The Balaban J connectivity index is 2.20. The fourth-order valence-electron chi connectivity index (χ4n) is 2.22. The monoisotopic (exact) mass is 139 g/mol. The Kier molecular flexibility index (Phi) is 1.31. The number of ketones is 1. The predicted molar refractivity (Wildman–Crippen MR) is 38.8 cm³/mol. The summed E-state index contributed by atoms with van der Waals surface area (Å²) in [5, 5.41) is 0. The number of fused-ring (bicyclic) bond motifs is 2. The number of nitrogens with zero attached hydrogens (tertiary/aromatic N) is 1. The topological polar surface area (TPSA) is 20.3 Å². The fourth-order valence-corrected chi connectivity index (χ4v) is 2.22. The third-order valence-electron chi connectivity index (χ3n) is 2.94. The number of likely N-dealkylation sites (N-methyl/N-ethyl adjacent to an activating group) is 1. The summed E-state index contributed by atoms with van der Waals surface area (Å²) in [7, 11) is 2.08. The molecule has 2 bridgehead atoms. The standard InChI is InChI=1S/C8H13NO/c1-9-6-2-4-7(9)8(10)5-3-6/h6-7H,2-5H2,1H3/t6-,7?/m0/s1.